The van der Waals surface area contributed by atoms with E-state index in [4.69, 9.17) is 23.2 Å². The molecule has 0 saturated carbocycles. The number of nitrogens with one attached hydrogen (secondary N) is 1. The molecular formula is C36H39Cl2N3O4S. The van der Waals surface area contributed by atoms with E-state index in [-0.39, 0.29) is 29.8 Å². The summed E-state index contributed by atoms with van der Waals surface area (Å²) in [5.41, 5.74) is 3.53. The van der Waals surface area contributed by atoms with Crippen LogP contribution in [0.4, 0.5) is 5.69 Å². The largest absolute Gasteiger partial charge is 0.352 e. The first-order valence-electron chi connectivity index (χ1n) is 15.1. The van der Waals surface area contributed by atoms with Gasteiger partial charge in [0.25, 0.3) is 10.0 Å². The first-order valence-corrected chi connectivity index (χ1v) is 17.3. The molecule has 4 rings (SSSR count). The van der Waals surface area contributed by atoms with Crippen molar-refractivity contribution in [3.05, 3.63) is 129 Å². The quantitative estimate of drug-likeness (QED) is 0.160. The van der Waals surface area contributed by atoms with Crippen molar-refractivity contribution in [2.45, 2.75) is 64.1 Å². The molecule has 0 heterocycles. The molecule has 0 fully saturated rings. The van der Waals surface area contributed by atoms with Crippen molar-refractivity contribution >= 4 is 50.7 Å². The maximum atomic E-state index is 14.6. The van der Waals surface area contributed by atoms with E-state index in [1.165, 1.54) is 17.0 Å². The Morgan fingerprint density at radius 1 is 0.804 bits per heavy atom. The third-order valence-corrected chi connectivity index (χ3v) is 10.2. The molecule has 0 saturated heterocycles. The van der Waals surface area contributed by atoms with Gasteiger partial charge in [-0.05, 0) is 85.8 Å². The number of carbonyl (C=O) groups excluding carboxylic acids is 2. The second-order valence-corrected chi connectivity index (χ2v) is 14.1. The summed E-state index contributed by atoms with van der Waals surface area (Å²) < 4.78 is 29.5. The van der Waals surface area contributed by atoms with Crippen molar-refractivity contribution in [2.75, 3.05) is 10.8 Å². The van der Waals surface area contributed by atoms with Crippen LogP contribution in [0.3, 0.4) is 0 Å². The van der Waals surface area contributed by atoms with Crippen molar-refractivity contribution in [2.24, 2.45) is 0 Å². The van der Waals surface area contributed by atoms with Crippen LogP contribution in [0.5, 0.6) is 0 Å². The van der Waals surface area contributed by atoms with Gasteiger partial charge in [0.15, 0.2) is 0 Å². The fourth-order valence-electron chi connectivity index (χ4n) is 5.17. The number of benzene rings is 4. The van der Waals surface area contributed by atoms with E-state index >= 15 is 0 Å². The molecule has 0 spiro atoms. The van der Waals surface area contributed by atoms with Crippen molar-refractivity contribution in [1.29, 1.82) is 0 Å². The zero-order valence-electron chi connectivity index (χ0n) is 26.4. The number of hydrogen-bond acceptors (Lipinski definition) is 4. The van der Waals surface area contributed by atoms with Gasteiger partial charge < -0.3 is 10.2 Å². The number of anilines is 1. The van der Waals surface area contributed by atoms with E-state index in [1.807, 2.05) is 64.1 Å². The Hall–Kier alpha value is -3.85. The predicted octanol–water partition coefficient (Wildman–Crippen LogP) is 7.36. The summed E-state index contributed by atoms with van der Waals surface area (Å²) in [5, 5.41) is 3.70. The second-order valence-electron chi connectivity index (χ2n) is 11.5. The summed E-state index contributed by atoms with van der Waals surface area (Å²) in [5.74, 6) is -0.888. The molecule has 4 aromatic carbocycles. The summed E-state index contributed by atoms with van der Waals surface area (Å²) >= 11 is 12.5. The van der Waals surface area contributed by atoms with Crippen molar-refractivity contribution in [1.82, 2.24) is 10.2 Å². The Bertz CT molecular complexity index is 1750. The maximum absolute atomic E-state index is 14.6. The molecule has 2 atom stereocenters. The van der Waals surface area contributed by atoms with Gasteiger partial charge in [0, 0.05) is 19.0 Å². The number of aryl methyl sites for hydroxylation is 2. The van der Waals surface area contributed by atoms with Gasteiger partial charge in [-0.1, -0.05) is 90.8 Å². The average molecular weight is 681 g/mol. The van der Waals surface area contributed by atoms with Crippen LogP contribution in [0.2, 0.25) is 10.0 Å². The molecular weight excluding hydrogens is 641 g/mol. The Labute approximate surface area is 282 Å². The summed E-state index contributed by atoms with van der Waals surface area (Å²) in [6.45, 7) is 7.06. The standard InChI is InChI=1S/C36H39Cl2N3O4S/c1-5-27(4)39-36(43)34(22-28-12-8-6-9-13-28)40(23-29-16-17-32(37)33(38)21-29)35(42)24-41(30-19-25(2)18-26(3)20-30)46(44,45)31-14-10-7-11-15-31/h6-21,27,34H,5,22-24H2,1-4H3,(H,39,43)/t27-,34-/m1/s1. The summed E-state index contributed by atoms with van der Waals surface area (Å²) in [7, 11) is -4.18. The Morgan fingerprint density at radius 3 is 2.00 bits per heavy atom. The van der Waals surface area contributed by atoms with E-state index in [0.29, 0.717) is 27.7 Å². The normalized spacial score (nSPS) is 12.7. The van der Waals surface area contributed by atoms with E-state index in [9.17, 15) is 18.0 Å². The Kier molecular flexibility index (Phi) is 11.9. The van der Waals surface area contributed by atoms with Gasteiger partial charge in [0.1, 0.15) is 12.6 Å². The van der Waals surface area contributed by atoms with Crippen LogP contribution in [0.25, 0.3) is 0 Å². The fourth-order valence-corrected chi connectivity index (χ4v) is 6.91. The molecule has 7 nitrogen and oxygen atoms in total. The molecule has 46 heavy (non-hydrogen) atoms. The van der Waals surface area contributed by atoms with E-state index in [0.717, 1.165) is 21.0 Å². The van der Waals surface area contributed by atoms with Gasteiger partial charge in [-0.2, -0.15) is 0 Å². The number of sulfonamides is 1. The highest BCUT2D eigenvalue weighted by atomic mass is 35.5. The van der Waals surface area contributed by atoms with Crippen LogP contribution in [0.15, 0.2) is 102 Å². The lowest BCUT2D eigenvalue weighted by atomic mass is 10.0. The van der Waals surface area contributed by atoms with Gasteiger partial charge in [-0.3, -0.25) is 13.9 Å². The van der Waals surface area contributed by atoms with E-state index in [1.54, 1.807) is 48.5 Å². The van der Waals surface area contributed by atoms with Crippen LogP contribution in [-0.2, 0) is 32.6 Å². The Balaban J connectivity index is 1.84. The molecule has 10 heteroatoms. The minimum Gasteiger partial charge on any atom is -0.352 e. The summed E-state index contributed by atoms with van der Waals surface area (Å²) in [6.07, 6.45) is 0.908. The maximum Gasteiger partial charge on any atom is 0.264 e. The minimum absolute atomic E-state index is 0.00673. The van der Waals surface area contributed by atoms with Crippen molar-refractivity contribution < 1.29 is 18.0 Å². The van der Waals surface area contributed by atoms with Gasteiger partial charge in [0.2, 0.25) is 11.8 Å². The third kappa shape index (κ3) is 8.90. The van der Waals surface area contributed by atoms with Crippen molar-refractivity contribution in [3.63, 3.8) is 0 Å². The molecule has 0 aliphatic carbocycles. The van der Waals surface area contributed by atoms with Gasteiger partial charge in [-0.25, -0.2) is 8.42 Å². The Morgan fingerprint density at radius 2 is 1.41 bits per heavy atom. The molecule has 0 bridgehead atoms. The smallest absolute Gasteiger partial charge is 0.264 e. The molecule has 0 aliphatic rings. The lowest BCUT2D eigenvalue weighted by molar-refractivity contribution is -0.140. The lowest BCUT2D eigenvalue weighted by Gasteiger charge is -2.34. The van der Waals surface area contributed by atoms with Crippen LogP contribution in [0.1, 0.15) is 42.5 Å². The molecule has 0 aromatic heterocycles. The number of amides is 2. The number of carbonyl (C=O) groups is 2. The average Bonchev–Trinajstić information content (AvgIpc) is 3.03. The van der Waals surface area contributed by atoms with Crippen LogP contribution in [0, 0.1) is 13.8 Å². The summed E-state index contributed by atoms with van der Waals surface area (Å²) in [4.78, 5) is 30.1. The zero-order valence-corrected chi connectivity index (χ0v) is 28.7. The van der Waals surface area contributed by atoms with E-state index < -0.39 is 28.5 Å². The fraction of sp³-hybridized carbons (Fsp3) is 0.278. The number of rotatable bonds is 13. The number of nitrogens with zero attached hydrogens (tertiary/aromatic N) is 2. The van der Waals surface area contributed by atoms with Crippen molar-refractivity contribution in [3.8, 4) is 0 Å². The van der Waals surface area contributed by atoms with Crippen LogP contribution < -0.4 is 9.62 Å². The molecule has 1 N–H and O–H groups in total. The van der Waals surface area contributed by atoms with Gasteiger partial charge in [0.05, 0.1) is 20.6 Å². The molecule has 4 aromatic rings. The minimum atomic E-state index is -4.18. The monoisotopic (exact) mass is 679 g/mol. The highest BCUT2D eigenvalue weighted by Crippen LogP contribution is 2.28. The molecule has 0 aliphatic heterocycles. The van der Waals surface area contributed by atoms with E-state index in [2.05, 4.69) is 5.32 Å². The summed E-state index contributed by atoms with van der Waals surface area (Å²) in [6, 6.07) is 26.8. The van der Waals surface area contributed by atoms with Crippen LogP contribution >= 0.6 is 23.2 Å². The predicted molar refractivity (Wildman–Crippen MR) is 186 cm³/mol. The van der Waals surface area contributed by atoms with Crippen LogP contribution in [-0.4, -0.2) is 43.8 Å². The topological polar surface area (TPSA) is 86.8 Å². The second kappa shape index (κ2) is 15.6. The SMILES string of the molecule is CC[C@@H](C)NC(=O)[C@@H](Cc1ccccc1)N(Cc1ccc(Cl)c(Cl)c1)C(=O)CN(c1cc(C)cc(C)c1)S(=O)(=O)c1ccccc1. The first kappa shape index (κ1) is 35.0. The zero-order chi connectivity index (χ0) is 33.4. The number of hydrogen-bond donors (Lipinski definition) is 1. The van der Waals surface area contributed by atoms with Gasteiger partial charge >= 0.3 is 0 Å². The first-order chi connectivity index (χ1) is 21.9. The molecule has 0 unspecified atom stereocenters. The highest BCUT2D eigenvalue weighted by molar-refractivity contribution is 7.92. The molecule has 0 radical (unpaired) electrons. The highest BCUT2D eigenvalue weighted by Gasteiger charge is 2.35. The van der Waals surface area contributed by atoms with Gasteiger partial charge in [-0.15, -0.1) is 0 Å². The number of halogens is 2. The molecule has 2 amide bonds. The molecule has 242 valence electrons. The lowest BCUT2D eigenvalue weighted by Crippen LogP contribution is -2.54. The third-order valence-electron chi connectivity index (χ3n) is 7.71.